The number of rotatable bonds is 7. The molecule has 1 aliphatic carbocycles. The Labute approximate surface area is 175 Å². The molecule has 0 saturated heterocycles. The zero-order chi connectivity index (χ0) is 20.1. The lowest BCUT2D eigenvalue weighted by Gasteiger charge is -2.13. The van der Waals surface area contributed by atoms with Crippen molar-refractivity contribution in [2.24, 2.45) is 0 Å². The third-order valence-electron chi connectivity index (χ3n) is 4.78. The first-order chi connectivity index (χ1) is 13.3. The van der Waals surface area contributed by atoms with Crippen LogP contribution >= 0.6 is 23.2 Å². The van der Waals surface area contributed by atoms with Gasteiger partial charge in [0.25, 0.3) is 5.91 Å². The molecule has 0 radical (unpaired) electrons. The lowest BCUT2D eigenvalue weighted by atomic mass is 10.1. The van der Waals surface area contributed by atoms with E-state index in [-0.39, 0.29) is 16.8 Å². The Morgan fingerprint density at radius 2 is 1.71 bits per heavy atom. The third kappa shape index (κ3) is 5.47. The molecule has 0 unspecified atom stereocenters. The quantitative estimate of drug-likeness (QED) is 0.677. The van der Waals surface area contributed by atoms with E-state index in [0.717, 1.165) is 31.2 Å². The average molecular weight is 441 g/mol. The summed E-state index contributed by atoms with van der Waals surface area (Å²) < 4.78 is 27.6. The zero-order valence-corrected chi connectivity index (χ0v) is 17.6. The summed E-state index contributed by atoms with van der Waals surface area (Å²) in [7, 11) is -3.49. The Kier molecular flexibility index (Phi) is 6.99. The maximum absolute atomic E-state index is 12.4. The molecule has 0 atom stereocenters. The highest BCUT2D eigenvalue weighted by Crippen LogP contribution is 2.21. The molecular formula is C20H22Cl2N2O3S. The molecule has 1 saturated carbocycles. The van der Waals surface area contributed by atoms with Gasteiger partial charge in [-0.15, -0.1) is 0 Å². The first-order valence-electron chi connectivity index (χ1n) is 9.20. The third-order valence-corrected chi connectivity index (χ3v) is 6.88. The monoisotopic (exact) mass is 440 g/mol. The van der Waals surface area contributed by atoms with Crippen LogP contribution in [0, 0.1) is 0 Å². The van der Waals surface area contributed by atoms with Crippen molar-refractivity contribution in [2.75, 3.05) is 6.54 Å². The highest BCUT2D eigenvalue weighted by molar-refractivity contribution is 7.89. The number of hydrogen-bond donors (Lipinski definition) is 2. The van der Waals surface area contributed by atoms with E-state index in [1.54, 1.807) is 36.4 Å². The molecule has 2 aromatic rings. The molecule has 0 aliphatic heterocycles. The topological polar surface area (TPSA) is 75.3 Å². The molecule has 0 heterocycles. The van der Waals surface area contributed by atoms with Crippen LogP contribution in [-0.4, -0.2) is 26.9 Å². The van der Waals surface area contributed by atoms with Gasteiger partial charge in [0.2, 0.25) is 10.0 Å². The van der Waals surface area contributed by atoms with Crippen LogP contribution < -0.4 is 10.0 Å². The van der Waals surface area contributed by atoms with Crippen LogP contribution in [0.5, 0.6) is 0 Å². The molecule has 0 aromatic heterocycles. The van der Waals surface area contributed by atoms with E-state index in [4.69, 9.17) is 23.2 Å². The molecule has 0 spiro atoms. The predicted molar refractivity (Wildman–Crippen MR) is 112 cm³/mol. The highest BCUT2D eigenvalue weighted by Gasteiger charge is 2.22. The van der Waals surface area contributed by atoms with Crippen LogP contribution in [0.25, 0.3) is 0 Å². The van der Waals surface area contributed by atoms with Crippen LogP contribution in [-0.2, 0) is 16.4 Å². The van der Waals surface area contributed by atoms with E-state index in [1.165, 1.54) is 6.07 Å². The largest absolute Gasteiger partial charge is 0.352 e. The number of halogens is 2. The van der Waals surface area contributed by atoms with E-state index >= 15 is 0 Å². The molecular weight excluding hydrogens is 419 g/mol. The molecule has 2 N–H and O–H groups in total. The summed E-state index contributed by atoms with van der Waals surface area (Å²) in [6, 6.07) is 11.5. The number of hydrogen-bond acceptors (Lipinski definition) is 3. The maximum atomic E-state index is 12.4. The molecule has 1 amide bonds. The molecule has 2 aromatic carbocycles. The smallest absolute Gasteiger partial charge is 0.252 e. The van der Waals surface area contributed by atoms with Gasteiger partial charge >= 0.3 is 0 Å². The second-order valence-electron chi connectivity index (χ2n) is 6.88. The minimum Gasteiger partial charge on any atom is -0.352 e. The van der Waals surface area contributed by atoms with Crippen molar-refractivity contribution in [3.8, 4) is 0 Å². The van der Waals surface area contributed by atoms with Crippen molar-refractivity contribution in [1.29, 1.82) is 0 Å². The van der Waals surface area contributed by atoms with Crippen molar-refractivity contribution in [3.05, 3.63) is 63.6 Å². The number of nitrogens with one attached hydrogen (secondary N) is 2. The Hall–Kier alpha value is -1.60. The molecule has 28 heavy (non-hydrogen) atoms. The Bertz CT molecular complexity index is 940. The molecule has 150 valence electrons. The second kappa shape index (κ2) is 9.27. The van der Waals surface area contributed by atoms with Gasteiger partial charge in [-0.05, 0) is 55.2 Å². The van der Waals surface area contributed by atoms with Crippen LogP contribution in [0.3, 0.4) is 0 Å². The first kappa shape index (κ1) is 21.1. The molecule has 8 heteroatoms. The molecule has 5 nitrogen and oxygen atoms in total. The van der Waals surface area contributed by atoms with Gasteiger partial charge in [0.05, 0.1) is 15.5 Å². The standard InChI is InChI=1S/C20H22Cl2N2O3S/c21-15-7-10-19(22)18(13-15)20(25)23-12-11-14-5-8-17(9-6-14)28(26,27)24-16-3-1-2-4-16/h5-10,13,16,24H,1-4,11-12H2,(H,23,25). The molecule has 3 rings (SSSR count). The van der Waals surface area contributed by atoms with Gasteiger partial charge in [0.1, 0.15) is 0 Å². The fraction of sp³-hybridized carbons (Fsp3) is 0.350. The molecule has 0 bridgehead atoms. The molecule has 1 fully saturated rings. The van der Waals surface area contributed by atoms with E-state index in [2.05, 4.69) is 10.0 Å². The second-order valence-corrected chi connectivity index (χ2v) is 9.43. The summed E-state index contributed by atoms with van der Waals surface area (Å²) in [6.07, 6.45) is 4.50. The van der Waals surface area contributed by atoms with Crippen LogP contribution in [0.2, 0.25) is 10.0 Å². The minimum atomic E-state index is -3.49. The average Bonchev–Trinajstić information content (AvgIpc) is 3.16. The summed E-state index contributed by atoms with van der Waals surface area (Å²) in [6.45, 7) is 0.397. The van der Waals surface area contributed by atoms with Gasteiger partial charge in [-0.25, -0.2) is 13.1 Å². The highest BCUT2D eigenvalue weighted by atomic mass is 35.5. The van der Waals surface area contributed by atoms with Crippen molar-refractivity contribution in [3.63, 3.8) is 0 Å². The number of benzene rings is 2. The lowest BCUT2D eigenvalue weighted by molar-refractivity contribution is 0.0954. The van der Waals surface area contributed by atoms with Crippen molar-refractivity contribution in [1.82, 2.24) is 10.0 Å². The fourth-order valence-corrected chi connectivity index (χ4v) is 4.93. The summed E-state index contributed by atoms with van der Waals surface area (Å²) in [4.78, 5) is 12.5. The fourth-order valence-electron chi connectivity index (χ4n) is 3.25. The Balaban J connectivity index is 1.54. The number of carbonyl (C=O) groups is 1. The lowest BCUT2D eigenvalue weighted by Crippen LogP contribution is -2.32. The van der Waals surface area contributed by atoms with Crippen molar-refractivity contribution in [2.45, 2.75) is 43.0 Å². The number of amides is 1. The normalized spacial score (nSPS) is 14.9. The van der Waals surface area contributed by atoms with Crippen LogP contribution in [0.1, 0.15) is 41.6 Å². The van der Waals surface area contributed by atoms with Crippen LogP contribution in [0.4, 0.5) is 0 Å². The predicted octanol–water partition coefficient (Wildman–Crippen LogP) is 4.19. The van der Waals surface area contributed by atoms with Gasteiger partial charge < -0.3 is 5.32 Å². The van der Waals surface area contributed by atoms with E-state index in [9.17, 15) is 13.2 Å². The first-order valence-corrected chi connectivity index (χ1v) is 11.4. The summed E-state index contributed by atoms with van der Waals surface area (Å²) in [5.41, 5.74) is 1.26. The maximum Gasteiger partial charge on any atom is 0.252 e. The van der Waals surface area contributed by atoms with Crippen LogP contribution in [0.15, 0.2) is 47.4 Å². The Morgan fingerprint density at radius 1 is 1.04 bits per heavy atom. The summed E-state index contributed by atoms with van der Waals surface area (Å²) >= 11 is 11.9. The number of carbonyl (C=O) groups excluding carboxylic acids is 1. The van der Waals surface area contributed by atoms with Crippen molar-refractivity contribution >= 4 is 39.1 Å². The van der Waals surface area contributed by atoms with Gasteiger partial charge in [-0.3, -0.25) is 4.79 Å². The van der Waals surface area contributed by atoms with Crippen molar-refractivity contribution < 1.29 is 13.2 Å². The van der Waals surface area contributed by atoms with Gasteiger partial charge in [0, 0.05) is 17.6 Å². The van der Waals surface area contributed by atoms with Gasteiger partial charge in [-0.1, -0.05) is 48.2 Å². The Morgan fingerprint density at radius 3 is 2.39 bits per heavy atom. The van der Waals surface area contributed by atoms with E-state index in [1.807, 2.05) is 0 Å². The molecule has 1 aliphatic rings. The summed E-state index contributed by atoms with van der Waals surface area (Å²) in [5.74, 6) is -0.299. The zero-order valence-electron chi connectivity index (χ0n) is 15.3. The van der Waals surface area contributed by atoms with Gasteiger partial charge in [-0.2, -0.15) is 0 Å². The number of sulfonamides is 1. The van der Waals surface area contributed by atoms with E-state index in [0.29, 0.717) is 28.6 Å². The summed E-state index contributed by atoms with van der Waals surface area (Å²) in [5, 5.41) is 3.58. The van der Waals surface area contributed by atoms with Gasteiger partial charge in [0.15, 0.2) is 0 Å². The van der Waals surface area contributed by atoms with E-state index < -0.39 is 10.0 Å². The SMILES string of the molecule is O=C(NCCc1ccc(S(=O)(=O)NC2CCCC2)cc1)c1cc(Cl)ccc1Cl. The minimum absolute atomic E-state index is 0.0400.